The van der Waals surface area contributed by atoms with Crippen LogP contribution < -0.4 is 15.2 Å². The quantitative estimate of drug-likeness (QED) is 0.833. The monoisotopic (exact) mass is 409 g/mol. The maximum absolute atomic E-state index is 12.5. The van der Waals surface area contributed by atoms with Crippen LogP contribution in [0.2, 0.25) is 0 Å². The summed E-state index contributed by atoms with van der Waals surface area (Å²) in [5, 5.41) is 0. The van der Waals surface area contributed by atoms with Gasteiger partial charge >= 0.3 is 12.3 Å². The first-order valence-corrected chi connectivity index (χ1v) is 8.79. The minimum atomic E-state index is -4.47. The molecule has 1 aromatic carbocycles. The maximum Gasteiger partial charge on any atom is 0.417 e. The zero-order chi connectivity index (χ0) is 21.0. The highest BCUT2D eigenvalue weighted by Gasteiger charge is 2.30. The summed E-state index contributed by atoms with van der Waals surface area (Å²) in [6.45, 7) is 0.764. The number of nitrogens with zero attached hydrogens (tertiary/aromatic N) is 2. The number of piperidine rings is 1. The van der Waals surface area contributed by atoms with E-state index < -0.39 is 17.8 Å². The number of ether oxygens (including phenoxy) is 2. The van der Waals surface area contributed by atoms with Crippen molar-refractivity contribution in [1.82, 2.24) is 9.88 Å². The first kappa shape index (κ1) is 20.4. The van der Waals surface area contributed by atoms with Crippen molar-refractivity contribution in [3.63, 3.8) is 0 Å². The molecule has 0 atom stereocenters. The fourth-order valence-electron chi connectivity index (χ4n) is 2.82. The molecule has 1 aliphatic heterocycles. The van der Waals surface area contributed by atoms with Crippen molar-refractivity contribution < 1.29 is 32.2 Å². The molecule has 1 saturated heterocycles. The van der Waals surface area contributed by atoms with E-state index >= 15 is 0 Å². The Balaban J connectivity index is 1.54. The molecule has 1 aliphatic rings. The van der Waals surface area contributed by atoms with E-state index in [9.17, 15) is 22.8 Å². The van der Waals surface area contributed by atoms with Crippen molar-refractivity contribution in [2.24, 2.45) is 11.7 Å². The van der Waals surface area contributed by atoms with Crippen LogP contribution in [0.1, 0.15) is 18.4 Å². The standard InChI is InChI=1S/C19H18F3N3O4/c20-19(21,22)13-1-6-16(24-11-13)28-14-2-4-15(5-3-14)29-18(27)25-9-7-12(8-10-25)17(23)26/h1-6,11-12H,7-10H2,(H2,23,26). The molecule has 0 spiro atoms. The predicted octanol–water partition coefficient (Wildman–Crippen LogP) is 3.59. The molecule has 0 saturated carbocycles. The van der Waals surface area contributed by atoms with Gasteiger partial charge in [-0.25, -0.2) is 9.78 Å². The highest BCUT2D eigenvalue weighted by atomic mass is 19.4. The van der Waals surface area contributed by atoms with Crippen molar-refractivity contribution in [2.45, 2.75) is 19.0 Å². The Kier molecular flexibility index (Phi) is 5.90. The molecule has 29 heavy (non-hydrogen) atoms. The van der Waals surface area contributed by atoms with Crippen molar-refractivity contribution in [3.8, 4) is 17.4 Å². The van der Waals surface area contributed by atoms with Crippen LogP contribution in [0.5, 0.6) is 17.4 Å². The van der Waals surface area contributed by atoms with Gasteiger partial charge in [-0.3, -0.25) is 4.79 Å². The second-order valence-electron chi connectivity index (χ2n) is 6.49. The fraction of sp³-hybridized carbons (Fsp3) is 0.316. The van der Waals surface area contributed by atoms with Gasteiger partial charge in [0, 0.05) is 31.3 Å². The number of benzene rings is 1. The highest BCUT2D eigenvalue weighted by Crippen LogP contribution is 2.30. The van der Waals surface area contributed by atoms with Gasteiger partial charge in [0.15, 0.2) is 0 Å². The molecule has 0 bridgehead atoms. The molecule has 10 heteroatoms. The lowest BCUT2D eigenvalue weighted by Gasteiger charge is -2.29. The number of aromatic nitrogens is 1. The third-order valence-electron chi connectivity index (χ3n) is 4.47. The van der Waals surface area contributed by atoms with E-state index in [0.29, 0.717) is 37.9 Å². The normalized spacial score (nSPS) is 15.1. The Morgan fingerprint density at radius 3 is 2.17 bits per heavy atom. The van der Waals surface area contributed by atoms with E-state index in [-0.39, 0.29) is 23.5 Å². The number of halogens is 3. The summed E-state index contributed by atoms with van der Waals surface area (Å²) in [4.78, 5) is 28.5. The smallest absolute Gasteiger partial charge is 0.417 e. The number of hydrogen-bond acceptors (Lipinski definition) is 5. The lowest BCUT2D eigenvalue weighted by molar-refractivity contribution is -0.137. The van der Waals surface area contributed by atoms with Crippen molar-refractivity contribution in [1.29, 1.82) is 0 Å². The van der Waals surface area contributed by atoms with Crippen LogP contribution in [0.4, 0.5) is 18.0 Å². The number of likely N-dealkylation sites (tertiary alicyclic amines) is 1. The molecule has 2 N–H and O–H groups in total. The van der Waals surface area contributed by atoms with Gasteiger partial charge in [-0.2, -0.15) is 13.2 Å². The first-order valence-electron chi connectivity index (χ1n) is 8.79. The third kappa shape index (κ3) is 5.37. The number of carbonyl (C=O) groups excluding carboxylic acids is 2. The summed E-state index contributed by atoms with van der Waals surface area (Å²) in [5.74, 6) is 0.00424. The number of amides is 2. The summed E-state index contributed by atoms with van der Waals surface area (Å²) in [7, 11) is 0. The number of alkyl halides is 3. The SMILES string of the molecule is NC(=O)C1CCN(C(=O)Oc2ccc(Oc3ccc(C(F)(F)F)cn3)cc2)CC1. The lowest BCUT2D eigenvalue weighted by atomic mass is 9.97. The van der Waals surface area contributed by atoms with Crippen molar-refractivity contribution in [3.05, 3.63) is 48.2 Å². The van der Waals surface area contributed by atoms with Crippen LogP contribution in [0, 0.1) is 5.92 Å². The molecule has 1 aromatic heterocycles. The van der Waals surface area contributed by atoms with E-state index in [1.54, 1.807) is 0 Å². The Hall–Kier alpha value is -3.30. The van der Waals surface area contributed by atoms with Gasteiger partial charge in [0.25, 0.3) is 0 Å². The van der Waals surface area contributed by atoms with Gasteiger partial charge in [0.05, 0.1) is 5.56 Å². The molecule has 0 radical (unpaired) electrons. The molecule has 3 rings (SSSR count). The largest absolute Gasteiger partial charge is 0.439 e. The average molecular weight is 409 g/mol. The van der Waals surface area contributed by atoms with Gasteiger partial charge in [-0.05, 0) is 43.2 Å². The van der Waals surface area contributed by atoms with Crippen LogP contribution in [0.15, 0.2) is 42.6 Å². The molecule has 154 valence electrons. The first-order chi connectivity index (χ1) is 13.7. The molecule has 0 aliphatic carbocycles. The molecule has 1 fully saturated rings. The minimum Gasteiger partial charge on any atom is -0.439 e. The molecule has 0 unspecified atom stereocenters. The van der Waals surface area contributed by atoms with E-state index in [0.717, 1.165) is 12.1 Å². The van der Waals surface area contributed by atoms with Crippen molar-refractivity contribution >= 4 is 12.0 Å². The van der Waals surface area contributed by atoms with Crippen LogP contribution >= 0.6 is 0 Å². The van der Waals surface area contributed by atoms with Crippen LogP contribution in [0.3, 0.4) is 0 Å². The molecular formula is C19H18F3N3O4. The second kappa shape index (κ2) is 8.38. The van der Waals surface area contributed by atoms with Crippen LogP contribution in [-0.2, 0) is 11.0 Å². The van der Waals surface area contributed by atoms with Crippen LogP contribution in [0.25, 0.3) is 0 Å². The maximum atomic E-state index is 12.5. The molecule has 2 amide bonds. The van der Waals surface area contributed by atoms with Crippen LogP contribution in [-0.4, -0.2) is 35.0 Å². The summed E-state index contributed by atoms with van der Waals surface area (Å²) in [6.07, 6.45) is -3.32. The van der Waals surface area contributed by atoms with E-state index in [4.69, 9.17) is 15.2 Å². The van der Waals surface area contributed by atoms with E-state index in [1.807, 2.05) is 0 Å². The van der Waals surface area contributed by atoms with Gasteiger partial charge in [-0.1, -0.05) is 0 Å². The fourth-order valence-corrected chi connectivity index (χ4v) is 2.82. The topological polar surface area (TPSA) is 94.8 Å². The van der Waals surface area contributed by atoms with Gasteiger partial charge in [-0.15, -0.1) is 0 Å². The van der Waals surface area contributed by atoms with Gasteiger partial charge < -0.3 is 20.1 Å². The Morgan fingerprint density at radius 2 is 1.66 bits per heavy atom. The van der Waals surface area contributed by atoms with Gasteiger partial charge in [0.1, 0.15) is 11.5 Å². The predicted molar refractivity (Wildman–Crippen MR) is 95.3 cm³/mol. The second-order valence-corrected chi connectivity index (χ2v) is 6.49. The summed E-state index contributed by atoms with van der Waals surface area (Å²) >= 11 is 0. The molecule has 2 heterocycles. The molecular weight excluding hydrogens is 391 g/mol. The number of hydrogen-bond donors (Lipinski definition) is 1. The zero-order valence-corrected chi connectivity index (χ0v) is 15.2. The Morgan fingerprint density at radius 1 is 1.03 bits per heavy atom. The Labute approximate surface area is 164 Å². The van der Waals surface area contributed by atoms with Crippen molar-refractivity contribution in [2.75, 3.05) is 13.1 Å². The number of primary amides is 1. The summed E-state index contributed by atoms with van der Waals surface area (Å²) in [5.41, 5.74) is 4.40. The molecule has 2 aromatic rings. The summed E-state index contributed by atoms with van der Waals surface area (Å²) < 4.78 is 48.3. The minimum absolute atomic E-state index is 0.0000617. The summed E-state index contributed by atoms with van der Waals surface area (Å²) in [6, 6.07) is 7.98. The zero-order valence-electron chi connectivity index (χ0n) is 15.2. The molecule has 7 nitrogen and oxygen atoms in total. The lowest BCUT2D eigenvalue weighted by Crippen LogP contribution is -2.42. The van der Waals surface area contributed by atoms with E-state index in [1.165, 1.54) is 29.2 Å². The number of nitrogens with two attached hydrogens (primary N) is 1. The number of pyridine rings is 1. The third-order valence-corrected chi connectivity index (χ3v) is 4.47. The van der Waals surface area contributed by atoms with Gasteiger partial charge in [0.2, 0.25) is 11.8 Å². The van der Waals surface area contributed by atoms with E-state index in [2.05, 4.69) is 4.98 Å². The highest BCUT2D eigenvalue weighted by molar-refractivity contribution is 5.77. The number of rotatable bonds is 4. The number of carbonyl (C=O) groups is 2. The average Bonchev–Trinajstić information content (AvgIpc) is 2.69. The Bertz CT molecular complexity index is 862.